The second kappa shape index (κ2) is 4.80. The van der Waals surface area contributed by atoms with Crippen LogP contribution >= 0.6 is 0 Å². The van der Waals surface area contributed by atoms with Crippen LogP contribution in [0.4, 0.5) is 5.69 Å². The second-order valence-corrected chi connectivity index (χ2v) is 7.24. The summed E-state index contributed by atoms with van der Waals surface area (Å²) in [5, 5.41) is 0. The first-order valence-corrected chi connectivity index (χ1v) is 7.60. The number of anilines is 1. The van der Waals surface area contributed by atoms with Crippen molar-refractivity contribution >= 4 is 15.7 Å². The summed E-state index contributed by atoms with van der Waals surface area (Å²) in [7, 11) is -1.65. The van der Waals surface area contributed by atoms with Gasteiger partial charge >= 0.3 is 0 Å². The molecule has 0 radical (unpaired) electrons. The Balaban J connectivity index is 3.40. The average molecular weight is 271 g/mol. The molecule has 0 aliphatic carbocycles. The van der Waals surface area contributed by atoms with Crippen molar-refractivity contribution in [1.82, 2.24) is 0 Å². The Morgan fingerprint density at radius 2 is 1.78 bits per heavy atom. The Labute approximate surface area is 109 Å². The van der Waals surface area contributed by atoms with E-state index < -0.39 is 10.0 Å². The van der Waals surface area contributed by atoms with Crippen molar-refractivity contribution < 1.29 is 13.2 Å². The zero-order valence-corrected chi connectivity index (χ0v) is 12.6. The molecule has 0 saturated heterocycles. The quantitative estimate of drug-likeness (QED) is 0.919. The van der Waals surface area contributed by atoms with Crippen LogP contribution in [0.5, 0.6) is 5.75 Å². The molecule has 0 saturated carbocycles. The van der Waals surface area contributed by atoms with E-state index in [4.69, 9.17) is 4.74 Å². The molecular formula is C13H21NO3S. The van der Waals surface area contributed by atoms with E-state index in [1.165, 1.54) is 0 Å². The zero-order valence-electron chi connectivity index (χ0n) is 11.8. The highest BCUT2D eigenvalue weighted by atomic mass is 32.2. The van der Waals surface area contributed by atoms with Crippen LogP contribution in [0.3, 0.4) is 0 Å². The molecule has 5 heteroatoms. The van der Waals surface area contributed by atoms with Gasteiger partial charge in [0.05, 0.1) is 19.1 Å². The third-order valence-corrected chi connectivity index (χ3v) is 3.24. The largest absolute Gasteiger partial charge is 0.496 e. The van der Waals surface area contributed by atoms with E-state index in [9.17, 15) is 8.42 Å². The van der Waals surface area contributed by atoms with Crippen molar-refractivity contribution in [2.24, 2.45) is 0 Å². The molecule has 0 heterocycles. The number of ether oxygens (including phenoxy) is 1. The van der Waals surface area contributed by atoms with Crippen LogP contribution in [0.15, 0.2) is 12.1 Å². The lowest BCUT2D eigenvalue weighted by molar-refractivity contribution is 0.397. The van der Waals surface area contributed by atoms with Crippen molar-refractivity contribution in [2.45, 2.75) is 33.1 Å². The highest BCUT2D eigenvalue weighted by molar-refractivity contribution is 7.92. The molecule has 0 aliphatic rings. The molecule has 0 atom stereocenters. The third kappa shape index (κ3) is 3.63. The van der Waals surface area contributed by atoms with Gasteiger partial charge in [-0.3, -0.25) is 4.72 Å². The molecule has 4 nitrogen and oxygen atoms in total. The molecule has 0 bridgehead atoms. The smallest absolute Gasteiger partial charge is 0.229 e. The number of methoxy groups -OCH3 is 1. The van der Waals surface area contributed by atoms with Crippen LogP contribution in [0.25, 0.3) is 0 Å². The Hall–Kier alpha value is -1.23. The molecule has 0 aromatic heterocycles. The summed E-state index contributed by atoms with van der Waals surface area (Å²) in [5.41, 5.74) is 2.29. The van der Waals surface area contributed by atoms with Gasteiger partial charge in [0.2, 0.25) is 10.0 Å². The van der Waals surface area contributed by atoms with Crippen LogP contribution in [-0.2, 0) is 15.4 Å². The molecule has 1 aromatic carbocycles. The van der Waals surface area contributed by atoms with Crippen molar-refractivity contribution in [3.63, 3.8) is 0 Å². The fourth-order valence-electron chi connectivity index (χ4n) is 1.75. The van der Waals surface area contributed by atoms with Gasteiger partial charge in [0.15, 0.2) is 0 Å². The molecule has 1 aromatic rings. The minimum atomic E-state index is -3.27. The molecule has 18 heavy (non-hydrogen) atoms. The van der Waals surface area contributed by atoms with E-state index in [0.29, 0.717) is 5.69 Å². The SMILES string of the molecule is COc1cc(C)c(NS(C)(=O)=O)cc1C(C)(C)C. The van der Waals surface area contributed by atoms with Crippen molar-refractivity contribution in [3.8, 4) is 5.75 Å². The number of aryl methyl sites for hydroxylation is 1. The van der Waals surface area contributed by atoms with Gasteiger partial charge in [-0.15, -0.1) is 0 Å². The summed E-state index contributed by atoms with van der Waals surface area (Å²) in [6.45, 7) is 8.03. The highest BCUT2D eigenvalue weighted by Gasteiger charge is 2.21. The summed E-state index contributed by atoms with van der Waals surface area (Å²) in [4.78, 5) is 0. The maximum atomic E-state index is 11.3. The number of benzene rings is 1. The molecule has 0 unspecified atom stereocenters. The highest BCUT2D eigenvalue weighted by Crippen LogP contribution is 2.35. The fourth-order valence-corrected chi connectivity index (χ4v) is 2.37. The van der Waals surface area contributed by atoms with Crippen LogP contribution in [0.1, 0.15) is 31.9 Å². The molecule has 1 N–H and O–H groups in total. The standard InChI is InChI=1S/C13H21NO3S/c1-9-7-12(17-5)10(13(2,3)4)8-11(9)14-18(6,15)16/h7-8,14H,1-6H3. The predicted molar refractivity (Wildman–Crippen MR) is 74.9 cm³/mol. The summed E-state index contributed by atoms with van der Waals surface area (Å²) in [6, 6.07) is 3.70. The minimum absolute atomic E-state index is 0.118. The van der Waals surface area contributed by atoms with E-state index in [2.05, 4.69) is 25.5 Å². The maximum absolute atomic E-state index is 11.3. The summed E-state index contributed by atoms with van der Waals surface area (Å²) in [6.07, 6.45) is 1.15. The number of hydrogen-bond acceptors (Lipinski definition) is 3. The predicted octanol–water partition coefficient (Wildman–Crippen LogP) is 2.67. The first-order chi connectivity index (χ1) is 8.04. The Morgan fingerprint density at radius 1 is 1.22 bits per heavy atom. The zero-order chi connectivity index (χ0) is 14.1. The lowest BCUT2D eigenvalue weighted by Crippen LogP contribution is -2.16. The van der Waals surface area contributed by atoms with Gasteiger partial charge in [0, 0.05) is 5.56 Å². The summed E-state index contributed by atoms with van der Waals surface area (Å²) >= 11 is 0. The number of sulfonamides is 1. The first-order valence-electron chi connectivity index (χ1n) is 5.71. The monoisotopic (exact) mass is 271 g/mol. The van der Waals surface area contributed by atoms with Crippen LogP contribution in [0.2, 0.25) is 0 Å². The number of hydrogen-bond donors (Lipinski definition) is 1. The topological polar surface area (TPSA) is 55.4 Å². The van der Waals surface area contributed by atoms with Crippen molar-refractivity contribution in [3.05, 3.63) is 23.3 Å². The average Bonchev–Trinajstić information content (AvgIpc) is 2.16. The number of rotatable bonds is 3. The number of nitrogens with one attached hydrogen (secondary N) is 1. The second-order valence-electron chi connectivity index (χ2n) is 5.49. The van der Waals surface area contributed by atoms with Gasteiger partial charge in [0.25, 0.3) is 0 Å². The van der Waals surface area contributed by atoms with E-state index in [1.54, 1.807) is 7.11 Å². The first kappa shape index (κ1) is 14.8. The Morgan fingerprint density at radius 3 is 2.17 bits per heavy atom. The Bertz CT molecular complexity index is 542. The maximum Gasteiger partial charge on any atom is 0.229 e. The van der Waals surface area contributed by atoms with Gasteiger partial charge < -0.3 is 4.74 Å². The van der Waals surface area contributed by atoms with Crippen LogP contribution in [-0.4, -0.2) is 21.8 Å². The lowest BCUT2D eigenvalue weighted by Gasteiger charge is -2.24. The molecule has 0 spiro atoms. The van der Waals surface area contributed by atoms with Crippen molar-refractivity contribution in [2.75, 3.05) is 18.1 Å². The van der Waals surface area contributed by atoms with E-state index in [1.807, 2.05) is 19.1 Å². The Kier molecular flexibility index (Phi) is 3.96. The summed E-state index contributed by atoms with van der Waals surface area (Å²) < 4.78 is 30.5. The minimum Gasteiger partial charge on any atom is -0.496 e. The molecule has 0 aliphatic heterocycles. The van der Waals surface area contributed by atoms with Crippen LogP contribution in [0, 0.1) is 6.92 Å². The van der Waals surface area contributed by atoms with Gasteiger partial charge in [-0.05, 0) is 30.0 Å². The lowest BCUT2D eigenvalue weighted by atomic mass is 9.85. The molecule has 102 valence electrons. The van der Waals surface area contributed by atoms with Crippen LogP contribution < -0.4 is 9.46 Å². The molecule has 0 fully saturated rings. The van der Waals surface area contributed by atoms with Crippen molar-refractivity contribution in [1.29, 1.82) is 0 Å². The molecule has 1 rings (SSSR count). The molecular weight excluding hydrogens is 250 g/mol. The third-order valence-electron chi connectivity index (χ3n) is 2.65. The normalized spacial score (nSPS) is 12.3. The fraction of sp³-hybridized carbons (Fsp3) is 0.538. The van der Waals surface area contributed by atoms with E-state index >= 15 is 0 Å². The van der Waals surface area contributed by atoms with Gasteiger partial charge in [0.1, 0.15) is 5.75 Å². The van der Waals surface area contributed by atoms with Gasteiger partial charge in [-0.25, -0.2) is 8.42 Å². The van der Waals surface area contributed by atoms with Gasteiger partial charge in [-0.1, -0.05) is 20.8 Å². The molecule has 0 amide bonds. The van der Waals surface area contributed by atoms with E-state index in [-0.39, 0.29) is 5.41 Å². The van der Waals surface area contributed by atoms with Gasteiger partial charge in [-0.2, -0.15) is 0 Å². The van der Waals surface area contributed by atoms with E-state index in [0.717, 1.165) is 23.1 Å². The summed E-state index contributed by atoms with van der Waals surface area (Å²) in [5.74, 6) is 0.777.